The molecule has 0 amide bonds. The molecule has 1 heterocycles. The second-order valence-corrected chi connectivity index (χ2v) is 7.35. The number of nitrogens with zero attached hydrogens (tertiary/aromatic N) is 1. The Bertz CT molecular complexity index is 507. The van der Waals surface area contributed by atoms with E-state index in [4.69, 9.17) is 4.99 Å². The molecule has 0 unspecified atom stereocenters. The highest BCUT2D eigenvalue weighted by atomic mass is 79.9. The van der Waals surface area contributed by atoms with Crippen LogP contribution < -0.4 is 5.32 Å². The van der Waals surface area contributed by atoms with Crippen molar-refractivity contribution >= 4 is 38.5 Å². The second kappa shape index (κ2) is 5.49. The summed E-state index contributed by atoms with van der Waals surface area (Å²) < 4.78 is 1.15. The number of aliphatic imine (C=N–C) groups is 1. The van der Waals surface area contributed by atoms with Gasteiger partial charge >= 0.3 is 0 Å². The minimum atomic E-state index is 0.241. The predicted octanol–water partition coefficient (Wildman–Crippen LogP) is 4.98. The van der Waals surface area contributed by atoms with Gasteiger partial charge in [-0.1, -0.05) is 53.0 Å². The smallest absolute Gasteiger partial charge is 0.161 e. The summed E-state index contributed by atoms with van der Waals surface area (Å²) in [4.78, 5) is 5.00. The molecule has 2 aliphatic rings. The minimum absolute atomic E-state index is 0.241. The topological polar surface area (TPSA) is 24.4 Å². The highest BCUT2D eigenvalue weighted by Gasteiger charge is 2.36. The van der Waals surface area contributed by atoms with Gasteiger partial charge in [-0.3, -0.25) is 4.99 Å². The first-order valence-electron chi connectivity index (χ1n) is 6.93. The van der Waals surface area contributed by atoms with Crippen molar-refractivity contribution < 1.29 is 0 Å². The number of benzene rings is 1. The molecule has 1 saturated carbocycles. The van der Waals surface area contributed by atoms with Crippen molar-refractivity contribution in [3.63, 3.8) is 0 Å². The van der Waals surface area contributed by atoms with Crippen LogP contribution in [-0.2, 0) is 0 Å². The van der Waals surface area contributed by atoms with Gasteiger partial charge in [0.15, 0.2) is 5.17 Å². The Labute approximate surface area is 127 Å². The van der Waals surface area contributed by atoms with Crippen LogP contribution in [0.1, 0.15) is 37.7 Å². The largest absolute Gasteiger partial charge is 0.335 e. The first kappa shape index (κ1) is 13.5. The molecule has 1 fully saturated rings. The van der Waals surface area contributed by atoms with Crippen molar-refractivity contribution in [2.45, 2.75) is 44.6 Å². The molecule has 3 rings (SSSR count). The number of hydrogen-bond acceptors (Lipinski definition) is 3. The third-order valence-corrected chi connectivity index (χ3v) is 6.12. The third kappa shape index (κ3) is 2.84. The summed E-state index contributed by atoms with van der Waals surface area (Å²) in [7, 11) is 0. The quantitative estimate of drug-likeness (QED) is 0.781. The molecule has 19 heavy (non-hydrogen) atoms. The molecule has 1 spiro atoms. The highest BCUT2D eigenvalue weighted by Crippen LogP contribution is 2.40. The lowest BCUT2D eigenvalue weighted by atomic mass is 9.84. The van der Waals surface area contributed by atoms with E-state index in [1.54, 1.807) is 0 Å². The van der Waals surface area contributed by atoms with E-state index in [9.17, 15) is 0 Å². The molecule has 0 aromatic heterocycles. The molecule has 1 aromatic carbocycles. The van der Waals surface area contributed by atoms with Gasteiger partial charge < -0.3 is 5.32 Å². The molecule has 0 bridgehead atoms. The number of halogens is 1. The number of rotatable bonds is 1. The maximum Gasteiger partial charge on any atom is 0.161 e. The number of nitrogens with one attached hydrogen (secondary N) is 1. The van der Waals surface area contributed by atoms with Crippen LogP contribution >= 0.6 is 27.7 Å². The van der Waals surface area contributed by atoms with E-state index >= 15 is 0 Å². The SMILES string of the molecule is Cc1c(Br)cccc1NC1=NC2(CCCCC2)CS1. The Morgan fingerprint density at radius 3 is 2.84 bits per heavy atom. The minimum Gasteiger partial charge on any atom is -0.335 e. The summed E-state index contributed by atoms with van der Waals surface area (Å²) in [6.07, 6.45) is 6.60. The molecular weight excluding hydrogens is 320 g/mol. The van der Waals surface area contributed by atoms with Crippen LogP contribution in [0.5, 0.6) is 0 Å². The normalized spacial score (nSPS) is 21.5. The van der Waals surface area contributed by atoms with Crippen molar-refractivity contribution in [2.24, 2.45) is 4.99 Å². The molecule has 0 saturated heterocycles. The highest BCUT2D eigenvalue weighted by molar-refractivity contribution is 9.10. The summed E-state index contributed by atoms with van der Waals surface area (Å²) in [5.74, 6) is 1.16. The Hall–Kier alpha value is -0.480. The van der Waals surface area contributed by atoms with Crippen LogP contribution in [0.25, 0.3) is 0 Å². The Kier molecular flexibility index (Phi) is 3.90. The molecule has 102 valence electrons. The summed E-state index contributed by atoms with van der Waals surface area (Å²) in [5, 5.41) is 4.60. The van der Waals surface area contributed by atoms with E-state index in [2.05, 4.69) is 46.4 Å². The fourth-order valence-corrected chi connectivity index (χ4v) is 4.44. The fourth-order valence-electron chi connectivity index (χ4n) is 2.87. The zero-order valence-corrected chi connectivity index (χ0v) is 13.6. The van der Waals surface area contributed by atoms with Crippen molar-refractivity contribution in [1.29, 1.82) is 0 Å². The summed E-state index contributed by atoms with van der Waals surface area (Å²) >= 11 is 5.46. The number of anilines is 1. The van der Waals surface area contributed by atoms with Gasteiger partial charge in [0.2, 0.25) is 0 Å². The number of hydrogen-bond donors (Lipinski definition) is 1. The summed E-state index contributed by atoms with van der Waals surface area (Å²) in [6.45, 7) is 2.13. The van der Waals surface area contributed by atoms with Crippen molar-refractivity contribution in [3.8, 4) is 0 Å². The molecule has 1 N–H and O–H groups in total. The monoisotopic (exact) mass is 338 g/mol. The van der Waals surface area contributed by atoms with E-state index in [0.717, 1.165) is 21.1 Å². The summed E-state index contributed by atoms with van der Waals surface area (Å²) in [6, 6.07) is 6.26. The van der Waals surface area contributed by atoms with Crippen molar-refractivity contribution in [1.82, 2.24) is 0 Å². The first-order valence-corrected chi connectivity index (χ1v) is 8.71. The Balaban J connectivity index is 1.77. The van der Waals surface area contributed by atoms with Gasteiger partial charge in [0, 0.05) is 15.9 Å². The van der Waals surface area contributed by atoms with E-state index in [1.807, 2.05) is 11.8 Å². The van der Waals surface area contributed by atoms with Gasteiger partial charge in [0.25, 0.3) is 0 Å². The van der Waals surface area contributed by atoms with Crippen LogP contribution in [-0.4, -0.2) is 16.5 Å². The molecule has 2 nitrogen and oxygen atoms in total. The van der Waals surface area contributed by atoms with E-state index in [-0.39, 0.29) is 5.54 Å². The van der Waals surface area contributed by atoms with Crippen LogP contribution in [0.3, 0.4) is 0 Å². The number of thioether (sulfide) groups is 1. The average molecular weight is 339 g/mol. The molecule has 1 aliphatic carbocycles. The van der Waals surface area contributed by atoms with Crippen LogP contribution in [0.2, 0.25) is 0 Å². The molecule has 0 atom stereocenters. The Morgan fingerprint density at radius 2 is 2.05 bits per heavy atom. The average Bonchev–Trinajstić information content (AvgIpc) is 2.79. The zero-order chi connectivity index (χ0) is 13.3. The van der Waals surface area contributed by atoms with Crippen LogP contribution in [0.4, 0.5) is 5.69 Å². The van der Waals surface area contributed by atoms with Gasteiger partial charge in [-0.05, 0) is 37.5 Å². The van der Waals surface area contributed by atoms with E-state index in [1.165, 1.54) is 37.7 Å². The van der Waals surface area contributed by atoms with E-state index < -0.39 is 0 Å². The van der Waals surface area contributed by atoms with Crippen molar-refractivity contribution in [2.75, 3.05) is 11.1 Å². The van der Waals surface area contributed by atoms with Gasteiger partial charge in [-0.15, -0.1) is 0 Å². The van der Waals surface area contributed by atoms with E-state index in [0.29, 0.717) is 0 Å². The molecule has 1 aromatic rings. The predicted molar refractivity (Wildman–Crippen MR) is 88.2 cm³/mol. The third-order valence-electron chi connectivity index (χ3n) is 4.11. The lowest BCUT2D eigenvalue weighted by Gasteiger charge is -2.29. The maximum absolute atomic E-state index is 5.00. The van der Waals surface area contributed by atoms with Crippen LogP contribution in [0.15, 0.2) is 27.7 Å². The number of amidine groups is 1. The van der Waals surface area contributed by atoms with Gasteiger partial charge in [0.1, 0.15) is 0 Å². The second-order valence-electron chi connectivity index (χ2n) is 5.53. The van der Waals surface area contributed by atoms with Gasteiger partial charge in [-0.2, -0.15) is 0 Å². The lowest BCUT2D eigenvalue weighted by Crippen LogP contribution is -2.29. The Morgan fingerprint density at radius 1 is 1.26 bits per heavy atom. The molecule has 1 aliphatic heterocycles. The van der Waals surface area contributed by atoms with Crippen molar-refractivity contribution in [3.05, 3.63) is 28.2 Å². The molecule has 4 heteroatoms. The molecule has 0 radical (unpaired) electrons. The maximum atomic E-state index is 5.00. The fraction of sp³-hybridized carbons (Fsp3) is 0.533. The van der Waals surface area contributed by atoms with Gasteiger partial charge in [-0.25, -0.2) is 0 Å². The lowest BCUT2D eigenvalue weighted by molar-refractivity contribution is 0.335. The molecular formula is C15H19BrN2S. The standard InChI is InChI=1S/C15H19BrN2S/c1-11-12(16)6-5-7-13(11)17-14-18-15(10-19-14)8-3-2-4-9-15/h5-7H,2-4,8-10H2,1H3,(H,17,18). The zero-order valence-electron chi connectivity index (χ0n) is 11.2. The summed E-state index contributed by atoms with van der Waals surface area (Å²) in [5.41, 5.74) is 2.65. The van der Waals surface area contributed by atoms with Gasteiger partial charge in [0.05, 0.1) is 5.54 Å². The van der Waals surface area contributed by atoms with Crippen LogP contribution in [0, 0.1) is 6.92 Å². The first-order chi connectivity index (χ1) is 9.19.